The molecule has 0 atom stereocenters. The van der Waals surface area contributed by atoms with Crippen molar-refractivity contribution in [3.05, 3.63) is 95.6 Å². The molecule has 2 aromatic carbocycles. The number of para-hydroxylation sites is 2. The Labute approximate surface area is 164 Å². The molecule has 0 unspecified atom stereocenters. The lowest BCUT2D eigenvalue weighted by Crippen LogP contribution is -2.26. The molecule has 140 valence electrons. The minimum Gasteiger partial charge on any atom is -0.352 e. The fourth-order valence-electron chi connectivity index (χ4n) is 3.37. The second kappa shape index (κ2) is 8.05. The number of fused-ring (bicyclic) bond motifs is 1. The van der Waals surface area contributed by atoms with Gasteiger partial charge in [0.25, 0.3) is 5.91 Å². The molecule has 0 aliphatic carbocycles. The molecule has 5 heteroatoms. The van der Waals surface area contributed by atoms with Crippen molar-refractivity contribution in [3.63, 3.8) is 0 Å². The first kappa shape index (κ1) is 17.9. The van der Waals surface area contributed by atoms with Crippen LogP contribution in [0.3, 0.4) is 0 Å². The SMILES string of the molecule is Cc1cccc(Cn2c(CCNC(=O)c3cccnc3)nc3ccccc32)c1. The molecule has 0 fully saturated rings. The maximum Gasteiger partial charge on any atom is 0.252 e. The van der Waals surface area contributed by atoms with Gasteiger partial charge in [0.1, 0.15) is 5.82 Å². The molecule has 0 aliphatic heterocycles. The smallest absolute Gasteiger partial charge is 0.252 e. The molecule has 1 amide bonds. The zero-order valence-electron chi connectivity index (χ0n) is 15.8. The van der Waals surface area contributed by atoms with E-state index in [0.717, 1.165) is 23.4 Å². The van der Waals surface area contributed by atoms with Crippen LogP contribution in [0.4, 0.5) is 0 Å². The van der Waals surface area contributed by atoms with Crippen LogP contribution < -0.4 is 5.32 Å². The third-order valence-electron chi connectivity index (χ3n) is 4.71. The molecular formula is C23H22N4O. The number of amides is 1. The van der Waals surface area contributed by atoms with Crippen LogP contribution in [0, 0.1) is 6.92 Å². The summed E-state index contributed by atoms with van der Waals surface area (Å²) in [7, 11) is 0. The van der Waals surface area contributed by atoms with Crippen molar-refractivity contribution < 1.29 is 4.79 Å². The van der Waals surface area contributed by atoms with Gasteiger partial charge in [0.15, 0.2) is 0 Å². The number of rotatable bonds is 6. The first-order valence-corrected chi connectivity index (χ1v) is 9.38. The number of aryl methyl sites for hydroxylation is 1. The second-order valence-electron chi connectivity index (χ2n) is 6.84. The Bertz CT molecular complexity index is 1100. The van der Waals surface area contributed by atoms with Crippen molar-refractivity contribution in [1.29, 1.82) is 0 Å². The van der Waals surface area contributed by atoms with E-state index in [1.807, 2.05) is 18.2 Å². The molecule has 0 saturated heterocycles. The summed E-state index contributed by atoms with van der Waals surface area (Å²) in [4.78, 5) is 21.0. The molecule has 1 N–H and O–H groups in total. The Kier molecular flexibility index (Phi) is 5.15. The topological polar surface area (TPSA) is 59.8 Å². The van der Waals surface area contributed by atoms with E-state index in [0.29, 0.717) is 18.5 Å². The van der Waals surface area contributed by atoms with E-state index in [4.69, 9.17) is 4.98 Å². The van der Waals surface area contributed by atoms with Gasteiger partial charge in [0, 0.05) is 31.9 Å². The maximum atomic E-state index is 12.2. The standard InChI is InChI=1S/C23H22N4O/c1-17-6-4-7-18(14-17)16-27-21-10-3-2-9-20(21)26-22(27)11-13-25-23(28)19-8-5-12-24-15-19/h2-10,12,14-15H,11,13,16H2,1H3,(H,25,28). The Balaban J connectivity index is 1.54. The van der Waals surface area contributed by atoms with Gasteiger partial charge in [0.05, 0.1) is 16.6 Å². The Morgan fingerprint density at radius 3 is 2.79 bits per heavy atom. The van der Waals surface area contributed by atoms with Gasteiger partial charge in [-0.2, -0.15) is 0 Å². The van der Waals surface area contributed by atoms with Gasteiger partial charge in [-0.1, -0.05) is 42.0 Å². The highest BCUT2D eigenvalue weighted by atomic mass is 16.1. The third-order valence-corrected chi connectivity index (χ3v) is 4.71. The van der Waals surface area contributed by atoms with E-state index in [-0.39, 0.29) is 5.91 Å². The first-order valence-electron chi connectivity index (χ1n) is 9.38. The number of imidazole rings is 1. The zero-order valence-corrected chi connectivity index (χ0v) is 15.8. The fourth-order valence-corrected chi connectivity index (χ4v) is 3.37. The molecule has 0 aliphatic rings. The van der Waals surface area contributed by atoms with Crippen LogP contribution in [-0.2, 0) is 13.0 Å². The maximum absolute atomic E-state index is 12.2. The van der Waals surface area contributed by atoms with E-state index in [9.17, 15) is 4.79 Å². The van der Waals surface area contributed by atoms with Gasteiger partial charge in [-0.05, 0) is 36.8 Å². The van der Waals surface area contributed by atoms with Crippen molar-refractivity contribution >= 4 is 16.9 Å². The third kappa shape index (κ3) is 3.93. The number of pyridine rings is 1. The molecule has 0 bridgehead atoms. The molecule has 0 spiro atoms. The minimum absolute atomic E-state index is 0.116. The summed E-state index contributed by atoms with van der Waals surface area (Å²) in [6.07, 6.45) is 3.89. The van der Waals surface area contributed by atoms with Crippen LogP contribution in [-0.4, -0.2) is 27.0 Å². The largest absolute Gasteiger partial charge is 0.352 e. The molecule has 0 saturated carbocycles. The minimum atomic E-state index is -0.116. The van der Waals surface area contributed by atoms with Crippen molar-refractivity contribution in [3.8, 4) is 0 Å². The Hall–Kier alpha value is -3.47. The monoisotopic (exact) mass is 370 g/mol. The normalized spacial score (nSPS) is 10.9. The highest BCUT2D eigenvalue weighted by Gasteiger charge is 2.12. The number of hydrogen-bond donors (Lipinski definition) is 1. The quantitative estimate of drug-likeness (QED) is 0.562. The summed E-state index contributed by atoms with van der Waals surface area (Å²) in [6, 6.07) is 20.2. The molecule has 2 aromatic heterocycles. The van der Waals surface area contributed by atoms with Gasteiger partial charge in [-0.25, -0.2) is 4.98 Å². The molecule has 2 heterocycles. The summed E-state index contributed by atoms with van der Waals surface area (Å²) in [5.41, 5.74) is 5.13. The number of nitrogens with zero attached hydrogens (tertiary/aromatic N) is 3. The lowest BCUT2D eigenvalue weighted by molar-refractivity contribution is 0.0953. The summed E-state index contributed by atoms with van der Waals surface area (Å²) < 4.78 is 2.24. The predicted octanol–water partition coefficient (Wildman–Crippen LogP) is 3.76. The lowest BCUT2D eigenvalue weighted by atomic mass is 10.1. The molecule has 4 rings (SSSR count). The number of nitrogens with one attached hydrogen (secondary N) is 1. The zero-order chi connectivity index (χ0) is 19.3. The highest BCUT2D eigenvalue weighted by Crippen LogP contribution is 2.19. The van der Waals surface area contributed by atoms with Crippen molar-refractivity contribution in [2.24, 2.45) is 0 Å². The van der Waals surface area contributed by atoms with Crippen molar-refractivity contribution in [2.75, 3.05) is 6.54 Å². The van der Waals surface area contributed by atoms with Crippen LogP contribution in [0.1, 0.15) is 27.3 Å². The summed E-state index contributed by atoms with van der Waals surface area (Å²) >= 11 is 0. The Morgan fingerprint density at radius 1 is 1.07 bits per heavy atom. The van der Waals surface area contributed by atoms with Crippen molar-refractivity contribution in [2.45, 2.75) is 19.9 Å². The summed E-state index contributed by atoms with van der Waals surface area (Å²) in [5.74, 6) is 0.851. The number of carbonyl (C=O) groups is 1. The van der Waals surface area contributed by atoms with Gasteiger partial charge in [-0.15, -0.1) is 0 Å². The van der Waals surface area contributed by atoms with Gasteiger partial charge >= 0.3 is 0 Å². The van der Waals surface area contributed by atoms with Gasteiger partial charge in [-0.3, -0.25) is 9.78 Å². The number of aromatic nitrogens is 3. The Morgan fingerprint density at radius 2 is 1.96 bits per heavy atom. The molecule has 5 nitrogen and oxygen atoms in total. The van der Waals surface area contributed by atoms with Gasteiger partial charge < -0.3 is 9.88 Å². The fraction of sp³-hybridized carbons (Fsp3) is 0.174. The number of carbonyl (C=O) groups excluding carboxylic acids is 1. The van der Waals surface area contributed by atoms with Crippen molar-refractivity contribution in [1.82, 2.24) is 19.9 Å². The van der Waals surface area contributed by atoms with Crippen LogP contribution in [0.15, 0.2) is 73.1 Å². The van der Waals surface area contributed by atoms with Crippen LogP contribution >= 0.6 is 0 Å². The average Bonchev–Trinajstić information content (AvgIpc) is 3.06. The van der Waals surface area contributed by atoms with Crippen LogP contribution in [0.2, 0.25) is 0 Å². The lowest BCUT2D eigenvalue weighted by Gasteiger charge is -2.11. The average molecular weight is 370 g/mol. The second-order valence-corrected chi connectivity index (χ2v) is 6.84. The van der Waals surface area contributed by atoms with E-state index in [1.54, 1.807) is 24.5 Å². The summed E-state index contributed by atoms with van der Waals surface area (Å²) in [5, 5.41) is 2.96. The van der Waals surface area contributed by atoms with E-state index in [1.165, 1.54) is 11.1 Å². The molecule has 0 radical (unpaired) electrons. The number of benzene rings is 2. The molecule has 28 heavy (non-hydrogen) atoms. The van der Waals surface area contributed by atoms with E-state index >= 15 is 0 Å². The number of hydrogen-bond acceptors (Lipinski definition) is 3. The van der Waals surface area contributed by atoms with E-state index < -0.39 is 0 Å². The van der Waals surface area contributed by atoms with Gasteiger partial charge in [0.2, 0.25) is 0 Å². The molecule has 4 aromatic rings. The van der Waals surface area contributed by atoms with Crippen LogP contribution in [0.5, 0.6) is 0 Å². The van der Waals surface area contributed by atoms with E-state index in [2.05, 4.69) is 52.1 Å². The summed E-state index contributed by atoms with van der Waals surface area (Å²) in [6.45, 7) is 3.38. The first-order chi connectivity index (χ1) is 13.7. The highest BCUT2D eigenvalue weighted by molar-refractivity contribution is 5.93. The van der Waals surface area contributed by atoms with Crippen LogP contribution in [0.25, 0.3) is 11.0 Å². The predicted molar refractivity (Wildman–Crippen MR) is 110 cm³/mol. The molecular weight excluding hydrogens is 348 g/mol.